The topological polar surface area (TPSA) is 175 Å². The van der Waals surface area contributed by atoms with Gasteiger partial charge in [0.25, 0.3) is 5.91 Å². The van der Waals surface area contributed by atoms with E-state index in [1.807, 2.05) is 13.8 Å². The van der Waals surface area contributed by atoms with Crippen LogP contribution >= 0.6 is 0 Å². The Morgan fingerprint density at radius 3 is 2.41 bits per heavy atom. The molecule has 0 saturated carbocycles. The van der Waals surface area contributed by atoms with Crippen molar-refractivity contribution in [1.82, 2.24) is 4.90 Å². The quantitative estimate of drug-likeness (QED) is 0.275. The van der Waals surface area contributed by atoms with E-state index in [0.29, 0.717) is 11.3 Å². The monoisotopic (exact) mass is 484 g/mol. The zero-order valence-corrected chi connectivity index (χ0v) is 19.5. The summed E-state index contributed by atoms with van der Waals surface area (Å²) in [6, 6.07) is 4.93. The van der Waals surface area contributed by atoms with Crippen molar-refractivity contribution in [2.75, 3.05) is 18.9 Å². The third-order valence-electron chi connectivity index (χ3n) is 4.98. The van der Waals surface area contributed by atoms with E-state index in [-0.39, 0.29) is 30.8 Å². The van der Waals surface area contributed by atoms with E-state index in [2.05, 4.69) is 5.32 Å². The van der Waals surface area contributed by atoms with Gasteiger partial charge in [0.05, 0.1) is 5.69 Å². The first-order valence-corrected chi connectivity index (χ1v) is 10.8. The van der Waals surface area contributed by atoms with Gasteiger partial charge in [0.1, 0.15) is 37.2 Å². The number of ether oxygens (including phenoxy) is 3. The van der Waals surface area contributed by atoms with Crippen molar-refractivity contribution in [3.63, 3.8) is 0 Å². The number of carbonyl (C=O) groups excluding carboxylic acids is 2. The number of carbonyl (C=O) groups is 3. The number of carboxylic acid groups (broad SMARTS) is 1. The predicted molar refractivity (Wildman–Crippen MR) is 118 cm³/mol. The van der Waals surface area contributed by atoms with E-state index in [1.165, 1.54) is 7.05 Å². The van der Waals surface area contributed by atoms with Gasteiger partial charge in [-0.25, -0.2) is 0 Å². The van der Waals surface area contributed by atoms with Gasteiger partial charge in [0.2, 0.25) is 6.29 Å². The van der Waals surface area contributed by atoms with Crippen molar-refractivity contribution in [3.8, 4) is 5.75 Å². The molecule has 12 heteroatoms. The number of nitrogens with zero attached hydrogens (tertiary/aromatic N) is 1. The molecule has 0 bridgehead atoms. The standard InChI is InChI=1S/C22H32N2O10/c1-5-16(27)32-10-12-6-7-13(23-11(2)3)14(8-12)33-22-19(30)17(28)18(29)20(34-22)21(31)24(4)9-15(25)26/h6-8,11,17-20,22-23,28-30H,5,9-10H2,1-4H3,(H,25,26)/t17-,18-,19+,20-,22+/m0/s1. The van der Waals surface area contributed by atoms with E-state index in [4.69, 9.17) is 19.3 Å². The van der Waals surface area contributed by atoms with E-state index in [1.54, 1.807) is 25.1 Å². The Morgan fingerprint density at radius 2 is 1.82 bits per heavy atom. The van der Waals surface area contributed by atoms with Crippen molar-refractivity contribution in [2.24, 2.45) is 0 Å². The number of esters is 1. The summed E-state index contributed by atoms with van der Waals surface area (Å²) in [4.78, 5) is 35.8. The number of aliphatic hydroxyl groups is 3. The zero-order valence-electron chi connectivity index (χ0n) is 19.5. The smallest absolute Gasteiger partial charge is 0.323 e. The van der Waals surface area contributed by atoms with Gasteiger partial charge in [-0.2, -0.15) is 0 Å². The van der Waals surface area contributed by atoms with Crippen LogP contribution in [0.15, 0.2) is 18.2 Å². The molecule has 2 rings (SSSR count). The number of likely N-dealkylation sites (N-methyl/N-ethyl adjacent to an activating group) is 1. The number of aliphatic carboxylic acids is 1. The lowest BCUT2D eigenvalue weighted by atomic mass is 9.98. The van der Waals surface area contributed by atoms with Crippen molar-refractivity contribution in [2.45, 2.75) is 70.5 Å². The second-order valence-corrected chi connectivity index (χ2v) is 8.25. The molecular weight excluding hydrogens is 452 g/mol. The molecule has 34 heavy (non-hydrogen) atoms. The Hall–Kier alpha value is -2.93. The number of rotatable bonds is 10. The molecule has 1 aliphatic rings. The van der Waals surface area contributed by atoms with Gasteiger partial charge >= 0.3 is 11.9 Å². The van der Waals surface area contributed by atoms with E-state index < -0.39 is 49.1 Å². The fourth-order valence-electron chi connectivity index (χ4n) is 3.22. The highest BCUT2D eigenvalue weighted by atomic mass is 16.7. The lowest BCUT2D eigenvalue weighted by molar-refractivity contribution is -0.268. The molecule has 0 spiro atoms. The molecule has 190 valence electrons. The molecule has 1 aliphatic heterocycles. The molecule has 1 heterocycles. The molecule has 0 unspecified atom stereocenters. The lowest BCUT2D eigenvalue weighted by Gasteiger charge is -2.40. The molecule has 12 nitrogen and oxygen atoms in total. The second-order valence-electron chi connectivity index (χ2n) is 8.25. The number of carboxylic acids is 1. The number of anilines is 1. The Labute approximate surface area is 197 Å². The molecule has 1 aromatic carbocycles. The number of nitrogens with one attached hydrogen (secondary N) is 1. The largest absolute Gasteiger partial charge is 0.480 e. The normalized spacial score (nSPS) is 24.4. The molecule has 1 aromatic rings. The first-order valence-electron chi connectivity index (χ1n) is 10.8. The minimum atomic E-state index is -1.81. The second kappa shape index (κ2) is 12.0. The summed E-state index contributed by atoms with van der Waals surface area (Å²) in [6.07, 6.45) is -8.38. The predicted octanol–water partition coefficient (Wildman–Crippen LogP) is -0.310. The number of hydrogen-bond donors (Lipinski definition) is 5. The average Bonchev–Trinajstić information content (AvgIpc) is 2.77. The summed E-state index contributed by atoms with van der Waals surface area (Å²) in [5, 5.41) is 43.1. The van der Waals surface area contributed by atoms with Crippen molar-refractivity contribution in [3.05, 3.63) is 23.8 Å². The van der Waals surface area contributed by atoms with Gasteiger partial charge < -0.3 is 44.9 Å². The fraction of sp³-hybridized carbons (Fsp3) is 0.591. The van der Waals surface area contributed by atoms with Gasteiger partial charge in [-0.15, -0.1) is 0 Å². The first kappa shape index (κ1) is 27.3. The Morgan fingerprint density at radius 1 is 1.15 bits per heavy atom. The zero-order chi connectivity index (χ0) is 25.6. The molecule has 1 fully saturated rings. The molecule has 1 amide bonds. The maximum Gasteiger partial charge on any atom is 0.323 e. The molecule has 0 aliphatic carbocycles. The lowest BCUT2D eigenvalue weighted by Crippen LogP contribution is -2.63. The van der Waals surface area contributed by atoms with Gasteiger partial charge in [-0.05, 0) is 31.5 Å². The Bertz CT molecular complexity index is 877. The first-order chi connectivity index (χ1) is 15.9. The molecule has 1 saturated heterocycles. The summed E-state index contributed by atoms with van der Waals surface area (Å²) >= 11 is 0. The summed E-state index contributed by atoms with van der Waals surface area (Å²) < 4.78 is 16.4. The van der Waals surface area contributed by atoms with Crippen LogP contribution in [-0.2, 0) is 30.5 Å². The van der Waals surface area contributed by atoms with Crippen LogP contribution in [-0.4, -0.2) is 93.5 Å². The minimum Gasteiger partial charge on any atom is -0.480 e. The van der Waals surface area contributed by atoms with Gasteiger partial charge in [-0.3, -0.25) is 14.4 Å². The molecule has 5 N–H and O–H groups in total. The van der Waals surface area contributed by atoms with E-state index in [9.17, 15) is 29.7 Å². The highest BCUT2D eigenvalue weighted by Crippen LogP contribution is 2.31. The van der Waals surface area contributed by atoms with Crippen LogP contribution in [0.25, 0.3) is 0 Å². The Balaban J connectivity index is 2.29. The van der Waals surface area contributed by atoms with Gasteiger partial charge in [0, 0.05) is 19.5 Å². The van der Waals surface area contributed by atoms with Crippen LogP contribution in [0.4, 0.5) is 5.69 Å². The van der Waals surface area contributed by atoms with Crippen LogP contribution in [0.5, 0.6) is 5.75 Å². The minimum absolute atomic E-state index is 0.00489. The maximum absolute atomic E-state index is 12.6. The van der Waals surface area contributed by atoms with Crippen molar-refractivity contribution >= 4 is 23.5 Å². The van der Waals surface area contributed by atoms with Crippen LogP contribution in [0, 0.1) is 0 Å². The van der Waals surface area contributed by atoms with Crippen LogP contribution in [0.2, 0.25) is 0 Å². The molecule has 5 atom stereocenters. The molecule has 0 radical (unpaired) electrons. The summed E-state index contributed by atoms with van der Waals surface area (Å²) in [7, 11) is 1.20. The number of benzene rings is 1. The summed E-state index contributed by atoms with van der Waals surface area (Å²) in [6.45, 7) is 4.76. The highest BCUT2D eigenvalue weighted by molar-refractivity contribution is 5.85. The van der Waals surface area contributed by atoms with Crippen LogP contribution < -0.4 is 10.1 Å². The summed E-state index contributed by atoms with van der Waals surface area (Å²) in [5.74, 6) is -2.40. The Kier molecular flexibility index (Phi) is 9.62. The van der Waals surface area contributed by atoms with Crippen molar-refractivity contribution < 1.29 is 49.0 Å². The third kappa shape index (κ3) is 7.03. The van der Waals surface area contributed by atoms with Gasteiger partial charge in [-0.1, -0.05) is 13.0 Å². The maximum atomic E-state index is 12.6. The molecular formula is C22H32N2O10. The highest BCUT2D eigenvalue weighted by Gasteiger charge is 2.49. The van der Waals surface area contributed by atoms with Crippen LogP contribution in [0.3, 0.4) is 0 Å². The number of hydrogen-bond acceptors (Lipinski definition) is 10. The number of amides is 1. The fourth-order valence-corrected chi connectivity index (χ4v) is 3.22. The van der Waals surface area contributed by atoms with Crippen LogP contribution in [0.1, 0.15) is 32.8 Å². The van der Waals surface area contributed by atoms with Crippen molar-refractivity contribution in [1.29, 1.82) is 0 Å². The summed E-state index contributed by atoms with van der Waals surface area (Å²) in [5.41, 5.74) is 1.08. The molecule has 0 aromatic heterocycles. The van der Waals surface area contributed by atoms with E-state index in [0.717, 1.165) is 4.90 Å². The van der Waals surface area contributed by atoms with E-state index >= 15 is 0 Å². The average molecular weight is 485 g/mol. The SMILES string of the molecule is CCC(=O)OCc1ccc(NC(C)C)c(O[C@@H]2O[C@H](C(=O)N(C)CC(=O)O)[C@@H](O)[C@H](O)[C@H]2O)c1. The number of aliphatic hydroxyl groups excluding tert-OH is 3. The van der Waals surface area contributed by atoms with Gasteiger partial charge in [0.15, 0.2) is 6.10 Å². The third-order valence-corrected chi connectivity index (χ3v) is 4.98.